The normalized spacial score (nSPS) is 25.1. The van der Waals surface area contributed by atoms with Crippen LogP contribution in [0.15, 0.2) is 18.2 Å². The average molecular weight is 494 g/mol. The van der Waals surface area contributed by atoms with Crippen LogP contribution in [0.5, 0.6) is 0 Å². The van der Waals surface area contributed by atoms with Gasteiger partial charge in [-0.25, -0.2) is 4.39 Å². The highest BCUT2D eigenvalue weighted by molar-refractivity contribution is 5.54. The number of aliphatic hydroxyl groups excluding tert-OH is 1. The first kappa shape index (κ1) is 24.7. The monoisotopic (exact) mass is 493 g/mol. The molecule has 0 radical (unpaired) electrons. The molecule has 1 saturated heterocycles. The lowest BCUT2D eigenvalue weighted by Gasteiger charge is -2.40. The lowest BCUT2D eigenvalue weighted by molar-refractivity contribution is -0.140. The van der Waals surface area contributed by atoms with Crippen molar-refractivity contribution in [3.63, 3.8) is 0 Å². The van der Waals surface area contributed by atoms with Crippen LogP contribution < -0.4 is 0 Å². The zero-order valence-corrected chi connectivity index (χ0v) is 20.4. The Morgan fingerprint density at radius 2 is 1.80 bits per heavy atom. The summed E-state index contributed by atoms with van der Waals surface area (Å²) in [5, 5.41) is 11.3. The fourth-order valence-electron chi connectivity index (χ4n) is 6.10. The Hall–Kier alpha value is -2.03. The number of hydrogen-bond acceptors (Lipinski definition) is 4. The van der Waals surface area contributed by atoms with Gasteiger partial charge in [0.25, 0.3) is 0 Å². The Morgan fingerprint density at radius 1 is 1.11 bits per heavy atom. The highest BCUT2D eigenvalue weighted by atomic mass is 19.4. The van der Waals surface area contributed by atoms with Crippen molar-refractivity contribution >= 4 is 0 Å². The van der Waals surface area contributed by atoms with Crippen LogP contribution in [0.4, 0.5) is 17.6 Å². The summed E-state index contributed by atoms with van der Waals surface area (Å²) < 4.78 is 66.6. The average Bonchev–Trinajstić information content (AvgIpc) is 3.05. The molecule has 2 atom stereocenters. The smallest absolute Gasteiger partial charge is 0.388 e. The SMILES string of the molecule is CC(C)c1nc2c(c3c1[C@H](c1ccc(C(F)(F)F)c(F)c1)OC31CCOCC1)C(O)CC(C)(C)C2. The van der Waals surface area contributed by atoms with Crippen LogP contribution in [0.2, 0.25) is 0 Å². The first-order chi connectivity index (χ1) is 16.3. The molecule has 35 heavy (non-hydrogen) atoms. The molecule has 0 amide bonds. The van der Waals surface area contributed by atoms with Gasteiger partial charge in [0.15, 0.2) is 0 Å². The van der Waals surface area contributed by atoms with E-state index in [1.165, 1.54) is 6.07 Å². The van der Waals surface area contributed by atoms with Gasteiger partial charge in [-0.3, -0.25) is 4.98 Å². The van der Waals surface area contributed by atoms with E-state index in [2.05, 4.69) is 13.8 Å². The van der Waals surface area contributed by atoms with Gasteiger partial charge in [0, 0.05) is 48.6 Å². The second-order valence-corrected chi connectivity index (χ2v) is 11.2. The molecule has 2 aromatic rings. The molecule has 5 rings (SSSR count). The zero-order chi connectivity index (χ0) is 25.3. The molecule has 1 spiro atoms. The molecule has 1 N–H and O–H groups in total. The van der Waals surface area contributed by atoms with Crippen molar-refractivity contribution in [2.45, 2.75) is 83.3 Å². The minimum absolute atomic E-state index is 0.00313. The molecule has 8 heteroatoms. The molecule has 1 aromatic heterocycles. The molecule has 1 unspecified atom stereocenters. The Morgan fingerprint density at radius 3 is 2.40 bits per heavy atom. The molecule has 3 aliphatic rings. The fourth-order valence-corrected chi connectivity index (χ4v) is 6.10. The van der Waals surface area contributed by atoms with Gasteiger partial charge in [-0.05, 0) is 47.4 Å². The number of alkyl halides is 3. The molecule has 3 heterocycles. The van der Waals surface area contributed by atoms with Gasteiger partial charge in [0.05, 0.1) is 17.3 Å². The first-order valence-corrected chi connectivity index (χ1v) is 12.2. The van der Waals surface area contributed by atoms with E-state index in [1.54, 1.807) is 0 Å². The van der Waals surface area contributed by atoms with Crippen LogP contribution in [0.1, 0.15) is 104 Å². The highest BCUT2D eigenvalue weighted by Crippen LogP contribution is 2.57. The van der Waals surface area contributed by atoms with Crippen molar-refractivity contribution in [3.8, 4) is 0 Å². The molecular weight excluding hydrogens is 462 g/mol. The number of fused-ring (bicyclic) bond motifs is 4. The van der Waals surface area contributed by atoms with E-state index >= 15 is 0 Å². The predicted octanol–water partition coefficient (Wildman–Crippen LogP) is 6.49. The van der Waals surface area contributed by atoms with Gasteiger partial charge in [-0.15, -0.1) is 0 Å². The summed E-state index contributed by atoms with van der Waals surface area (Å²) in [4.78, 5) is 5.02. The number of nitrogens with zero attached hydrogens (tertiary/aromatic N) is 1. The van der Waals surface area contributed by atoms with Crippen molar-refractivity contribution in [1.29, 1.82) is 0 Å². The fraction of sp³-hybridized carbons (Fsp3) is 0.593. The van der Waals surface area contributed by atoms with Gasteiger partial charge in [-0.2, -0.15) is 13.2 Å². The van der Waals surface area contributed by atoms with E-state index in [-0.39, 0.29) is 11.3 Å². The van der Waals surface area contributed by atoms with Crippen molar-refractivity contribution in [2.75, 3.05) is 13.2 Å². The van der Waals surface area contributed by atoms with Gasteiger partial charge in [-0.1, -0.05) is 33.8 Å². The minimum Gasteiger partial charge on any atom is -0.388 e. The number of aromatic nitrogens is 1. The van der Waals surface area contributed by atoms with Crippen molar-refractivity contribution in [3.05, 3.63) is 63.2 Å². The topological polar surface area (TPSA) is 51.6 Å². The summed E-state index contributed by atoms with van der Waals surface area (Å²) in [6.45, 7) is 9.17. The van der Waals surface area contributed by atoms with E-state index in [9.17, 15) is 22.7 Å². The lowest BCUT2D eigenvalue weighted by Crippen LogP contribution is -2.37. The largest absolute Gasteiger partial charge is 0.419 e. The van der Waals surface area contributed by atoms with Crippen molar-refractivity contribution in [1.82, 2.24) is 4.98 Å². The zero-order valence-electron chi connectivity index (χ0n) is 20.4. The predicted molar refractivity (Wildman–Crippen MR) is 121 cm³/mol. The van der Waals surface area contributed by atoms with Crippen LogP contribution in [-0.4, -0.2) is 23.3 Å². The number of ether oxygens (including phenoxy) is 2. The number of hydrogen-bond donors (Lipinski definition) is 1. The van der Waals surface area contributed by atoms with Gasteiger partial charge in [0.1, 0.15) is 11.9 Å². The van der Waals surface area contributed by atoms with E-state index in [1.807, 2.05) is 13.8 Å². The number of aliphatic hydroxyl groups is 1. The quantitative estimate of drug-likeness (QED) is 0.486. The number of halogens is 4. The lowest BCUT2D eigenvalue weighted by atomic mass is 9.70. The summed E-state index contributed by atoms with van der Waals surface area (Å²) in [6.07, 6.45) is -3.92. The molecular formula is C27H31F4NO3. The van der Waals surface area contributed by atoms with E-state index in [4.69, 9.17) is 14.5 Å². The third-order valence-corrected chi connectivity index (χ3v) is 7.62. The molecule has 1 aliphatic carbocycles. The number of pyridine rings is 1. The second kappa shape index (κ2) is 8.25. The summed E-state index contributed by atoms with van der Waals surface area (Å²) >= 11 is 0. The van der Waals surface area contributed by atoms with Gasteiger partial charge in [0.2, 0.25) is 0 Å². The summed E-state index contributed by atoms with van der Waals surface area (Å²) in [7, 11) is 0. The number of rotatable bonds is 2. The summed E-state index contributed by atoms with van der Waals surface area (Å²) in [5.41, 5.74) is 2.19. The molecule has 0 saturated carbocycles. The van der Waals surface area contributed by atoms with Crippen LogP contribution in [0.3, 0.4) is 0 Å². The highest BCUT2D eigenvalue weighted by Gasteiger charge is 2.52. The maximum atomic E-state index is 14.6. The number of benzene rings is 1. The van der Waals surface area contributed by atoms with Crippen molar-refractivity contribution < 1.29 is 32.1 Å². The van der Waals surface area contributed by atoms with Crippen molar-refractivity contribution in [2.24, 2.45) is 5.41 Å². The third-order valence-electron chi connectivity index (χ3n) is 7.62. The Balaban J connectivity index is 1.76. The van der Waals surface area contributed by atoms with E-state index in [0.717, 1.165) is 40.2 Å². The van der Waals surface area contributed by atoms with Crippen LogP contribution >= 0.6 is 0 Å². The van der Waals surface area contributed by atoms with Crippen LogP contribution in [-0.2, 0) is 27.7 Å². The van der Waals surface area contributed by atoms with E-state index < -0.39 is 35.4 Å². The minimum atomic E-state index is -4.78. The van der Waals surface area contributed by atoms with Gasteiger partial charge < -0.3 is 14.6 Å². The molecule has 4 nitrogen and oxygen atoms in total. The molecule has 0 bridgehead atoms. The molecule has 2 aliphatic heterocycles. The maximum Gasteiger partial charge on any atom is 0.419 e. The Bertz CT molecular complexity index is 1150. The Kier molecular flexibility index (Phi) is 5.81. The van der Waals surface area contributed by atoms with Gasteiger partial charge >= 0.3 is 6.18 Å². The molecule has 1 fully saturated rings. The third kappa shape index (κ3) is 4.07. The maximum absolute atomic E-state index is 14.6. The summed E-state index contributed by atoms with van der Waals surface area (Å²) in [5.74, 6) is -1.33. The summed E-state index contributed by atoms with van der Waals surface area (Å²) in [6, 6.07) is 3.00. The first-order valence-electron chi connectivity index (χ1n) is 12.2. The standard InChI is InChI=1S/C27H31F4NO3/c1-14(2)23-21-22(20-18(32-23)12-25(3,4)13-19(20)33)26(7-9-34-10-8-26)35-24(21)15-5-6-16(17(28)11-15)27(29,30)31/h5-6,11,14,19,24,33H,7-10,12-13H2,1-4H3/t19?,24-/m0/s1. The second-order valence-electron chi connectivity index (χ2n) is 11.2. The molecule has 1 aromatic carbocycles. The van der Waals surface area contributed by atoms with E-state index in [0.29, 0.717) is 44.5 Å². The Labute approximate surface area is 202 Å². The van der Waals surface area contributed by atoms with Crippen LogP contribution in [0, 0.1) is 11.2 Å². The van der Waals surface area contributed by atoms with Crippen LogP contribution in [0.25, 0.3) is 0 Å². The molecule has 190 valence electrons.